The van der Waals surface area contributed by atoms with E-state index < -0.39 is 0 Å². The molecule has 0 aliphatic heterocycles. The Labute approximate surface area is 151 Å². The van der Waals surface area contributed by atoms with Crippen molar-refractivity contribution >= 4 is 22.4 Å². The molecule has 0 fully saturated rings. The average Bonchev–Trinajstić information content (AvgIpc) is 3.05. The Morgan fingerprint density at radius 1 is 1.12 bits per heavy atom. The van der Waals surface area contributed by atoms with Gasteiger partial charge in [0, 0.05) is 16.0 Å². The molecule has 3 aromatic rings. The smallest absolute Gasteiger partial charge is 0.257 e. The number of carbonyl (C=O) groups excluding carboxylic acids is 1. The topological polar surface area (TPSA) is 51.2 Å². The molecular formula is C20H20N2O2S. The Kier molecular flexibility index (Phi) is 5.46. The zero-order chi connectivity index (χ0) is 17.6. The lowest BCUT2D eigenvalue weighted by molar-refractivity contribution is 0.102. The second kappa shape index (κ2) is 7.94. The summed E-state index contributed by atoms with van der Waals surface area (Å²) < 4.78 is 5.21. The van der Waals surface area contributed by atoms with Gasteiger partial charge in [-0.15, -0.1) is 11.3 Å². The molecule has 1 amide bonds. The van der Waals surface area contributed by atoms with E-state index >= 15 is 0 Å². The third kappa shape index (κ3) is 4.06. The average molecular weight is 352 g/mol. The molecule has 4 nitrogen and oxygen atoms in total. The SMILES string of the molecule is CCCc1sc(NC(=O)c2ccccc2)nc1-c1ccc(OC)cc1. The van der Waals surface area contributed by atoms with Crippen LogP contribution in [0.15, 0.2) is 54.6 Å². The number of aryl methyl sites for hydroxylation is 1. The van der Waals surface area contributed by atoms with Crippen molar-refractivity contribution in [2.24, 2.45) is 0 Å². The van der Waals surface area contributed by atoms with Crippen molar-refractivity contribution in [1.29, 1.82) is 0 Å². The highest BCUT2D eigenvalue weighted by atomic mass is 32.1. The fourth-order valence-electron chi connectivity index (χ4n) is 2.53. The standard InChI is InChI=1S/C20H20N2O2S/c1-3-7-17-18(14-10-12-16(24-2)13-11-14)21-20(25-17)22-19(23)15-8-5-4-6-9-15/h4-6,8-13H,3,7H2,1-2H3,(H,21,22,23). The molecule has 5 heteroatoms. The first-order valence-electron chi connectivity index (χ1n) is 8.21. The normalized spacial score (nSPS) is 10.5. The van der Waals surface area contributed by atoms with E-state index in [0.29, 0.717) is 10.7 Å². The van der Waals surface area contributed by atoms with Gasteiger partial charge < -0.3 is 4.74 Å². The van der Waals surface area contributed by atoms with E-state index in [-0.39, 0.29) is 5.91 Å². The van der Waals surface area contributed by atoms with Gasteiger partial charge >= 0.3 is 0 Å². The number of rotatable bonds is 6. The van der Waals surface area contributed by atoms with Gasteiger partial charge in [0.15, 0.2) is 5.13 Å². The monoisotopic (exact) mass is 352 g/mol. The van der Waals surface area contributed by atoms with Crippen molar-refractivity contribution in [3.05, 3.63) is 65.0 Å². The predicted octanol–water partition coefficient (Wildman–Crippen LogP) is 5.02. The van der Waals surface area contributed by atoms with Gasteiger partial charge in [0.25, 0.3) is 5.91 Å². The maximum absolute atomic E-state index is 12.4. The quantitative estimate of drug-likeness (QED) is 0.677. The first-order valence-corrected chi connectivity index (χ1v) is 9.03. The fraction of sp³-hybridized carbons (Fsp3) is 0.200. The van der Waals surface area contributed by atoms with Gasteiger partial charge in [-0.3, -0.25) is 10.1 Å². The largest absolute Gasteiger partial charge is 0.497 e. The summed E-state index contributed by atoms with van der Waals surface area (Å²) in [4.78, 5) is 18.2. The Balaban J connectivity index is 1.87. The van der Waals surface area contributed by atoms with Gasteiger partial charge in [0.2, 0.25) is 0 Å². The van der Waals surface area contributed by atoms with Crippen LogP contribution in [-0.2, 0) is 6.42 Å². The molecule has 1 aromatic heterocycles. The van der Waals surface area contributed by atoms with Crippen molar-refractivity contribution in [3.8, 4) is 17.0 Å². The van der Waals surface area contributed by atoms with Crippen LogP contribution in [0.2, 0.25) is 0 Å². The van der Waals surface area contributed by atoms with Crippen LogP contribution in [0.25, 0.3) is 11.3 Å². The second-order valence-corrected chi connectivity index (χ2v) is 6.67. The number of nitrogens with one attached hydrogen (secondary N) is 1. The number of hydrogen-bond donors (Lipinski definition) is 1. The summed E-state index contributed by atoms with van der Waals surface area (Å²) in [7, 11) is 1.65. The highest BCUT2D eigenvalue weighted by molar-refractivity contribution is 7.16. The number of carbonyl (C=O) groups is 1. The lowest BCUT2D eigenvalue weighted by Gasteiger charge is -2.03. The van der Waals surface area contributed by atoms with Crippen molar-refractivity contribution in [3.63, 3.8) is 0 Å². The Bertz CT molecular complexity index is 842. The summed E-state index contributed by atoms with van der Waals surface area (Å²) in [5.41, 5.74) is 2.58. The molecule has 0 spiro atoms. The summed E-state index contributed by atoms with van der Waals surface area (Å²) in [6.45, 7) is 2.14. The van der Waals surface area contributed by atoms with E-state index in [1.807, 2.05) is 42.5 Å². The zero-order valence-electron chi connectivity index (χ0n) is 14.3. The summed E-state index contributed by atoms with van der Waals surface area (Å²) in [6.07, 6.45) is 1.96. The maximum Gasteiger partial charge on any atom is 0.257 e. The van der Waals surface area contributed by atoms with Crippen molar-refractivity contribution in [1.82, 2.24) is 4.98 Å². The molecule has 0 bridgehead atoms. The molecule has 0 saturated heterocycles. The van der Waals surface area contributed by atoms with E-state index in [1.54, 1.807) is 19.2 Å². The van der Waals surface area contributed by atoms with E-state index in [0.717, 1.165) is 29.8 Å². The molecule has 3 rings (SSSR count). The highest BCUT2D eigenvalue weighted by Crippen LogP contribution is 2.33. The molecule has 128 valence electrons. The third-order valence-electron chi connectivity index (χ3n) is 3.79. The number of aromatic nitrogens is 1. The van der Waals surface area contributed by atoms with Gasteiger partial charge in [-0.05, 0) is 42.8 Å². The maximum atomic E-state index is 12.4. The number of nitrogens with zero attached hydrogens (tertiary/aromatic N) is 1. The lowest BCUT2D eigenvalue weighted by Crippen LogP contribution is -2.11. The Morgan fingerprint density at radius 2 is 1.84 bits per heavy atom. The van der Waals surface area contributed by atoms with E-state index in [9.17, 15) is 4.79 Å². The molecule has 0 unspecified atom stereocenters. The van der Waals surface area contributed by atoms with Crippen molar-refractivity contribution < 1.29 is 9.53 Å². The summed E-state index contributed by atoms with van der Waals surface area (Å²) >= 11 is 1.54. The number of anilines is 1. The minimum atomic E-state index is -0.140. The molecule has 0 radical (unpaired) electrons. The fourth-order valence-corrected chi connectivity index (χ4v) is 3.62. The number of ether oxygens (including phenoxy) is 1. The van der Waals surface area contributed by atoms with Gasteiger partial charge in [-0.2, -0.15) is 0 Å². The number of methoxy groups -OCH3 is 1. The van der Waals surface area contributed by atoms with E-state index in [1.165, 1.54) is 16.2 Å². The number of hydrogen-bond acceptors (Lipinski definition) is 4. The van der Waals surface area contributed by atoms with Crippen molar-refractivity contribution in [2.45, 2.75) is 19.8 Å². The van der Waals surface area contributed by atoms with Gasteiger partial charge in [0.05, 0.1) is 12.8 Å². The van der Waals surface area contributed by atoms with Crippen LogP contribution in [0.5, 0.6) is 5.75 Å². The van der Waals surface area contributed by atoms with E-state index in [2.05, 4.69) is 17.2 Å². The molecule has 0 aliphatic rings. The Hall–Kier alpha value is -2.66. The van der Waals surface area contributed by atoms with Gasteiger partial charge in [-0.1, -0.05) is 31.5 Å². The molecule has 0 saturated carbocycles. The highest BCUT2D eigenvalue weighted by Gasteiger charge is 2.15. The predicted molar refractivity (Wildman–Crippen MR) is 102 cm³/mol. The first-order chi connectivity index (χ1) is 12.2. The van der Waals surface area contributed by atoms with Crippen LogP contribution in [0.1, 0.15) is 28.6 Å². The van der Waals surface area contributed by atoms with Crippen LogP contribution < -0.4 is 10.1 Å². The number of thiazole rings is 1. The molecule has 2 aromatic carbocycles. The number of benzene rings is 2. The van der Waals surface area contributed by atoms with Gasteiger partial charge in [0.1, 0.15) is 5.75 Å². The van der Waals surface area contributed by atoms with Crippen molar-refractivity contribution in [2.75, 3.05) is 12.4 Å². The lowest BCUT2D eigenvalue weighted by atomic mass is 10.1. The molecular weight excluding hydrogens is 332 g/mol. The van der Waals surface area contributed by atoms with Crippen LogP contribution >= 0.6 is 11.3 Å². The van der Waals surface area contributed by atoms with Crippen LogP contribution in [0.3, 0.4) is 0 Å². The molecule has 0 aliphatic carbocycles. The molecule has 0 atom stereocenters. The minimum Gasteiger partial charge on any atom is -0.497 e. The molecule has 1 heterocycles. The summed E-state index contributed by atoms with van der Waals surface area (Å²) in [5.74, 6) is 0.673. The van der Waals surface area contributed by atoms with Crippen LogP contribution in [0.4, 0.5) is 5.13 Å². The second-order valence-electron chi connectivity index (χ2n) is 5.59. The molecule has 1 N–H and O–H groups in total. The zero-order valence-corrected chi connectivity index (χ0v) is 15.1. The van der Waals surface area contributed by atoms with Gasteiger partial charge in [-0.25, -0.2) is 4.98 Å². The van der Waals surface area contributed by atoms with Crippen LogP contribution in [0, 0.1) is 0 Å². The summed E-state index contributed by atoms with van der Waals surface area (Å²) in [5, 5.41) is 3.54. The third-order valence-corrected chi connectivity index (χ3v) is 4.82. The van der Waals surface area contributed by atoms with E-state index in [4.69, 9.17) is 4.74 Å². The van der Waals surface area contributed by atoms with Crippen LogP contribution in [-0.4, -0.2) is 18.0 Å². The minimum absolute atomic E-state index is 0.140. The summed E-state index contributed by atoms with van der Waals surface area (Å²) in [6, 6.07) is 17.0. The molecule has 25 heavy (non-hydrogen) atoms. The first kappa shape index (κ1) is 17.2. The Morgan fingerprint density at radius 3 is 2.48 bits per heavy atom. The number of amides is 1.